The number of fused-ring (bicyclic) bond motifs is 2. The molecular weight excluding hydrogens is 346 g/mol. The zero-order chi connectivity index (χ0) is 19.0. The second-order valence-electron chi connectivity index (χ2n) is 6.86. The fourth-order valence-electron chi connectivity index (χ4n) is 4.01. The number of carbonyl (C=O) groups excluding carboxylic acids is 1. The summed E-state index contributed by atoms with van der Waals surface area (Å²) in [5.74, 6) is 0.727. The molecule has 0 atom stereocenters. The highest BCUT2D eigenvalue weighted by molar-refractivity contribution is 5.99. The standard InChI is InChI=1S/C20H21N3O4/c1-27-18-6-2-4-15-5-3-10-21(20(15)18)13-19(24)22-11-9-14-7-8-16(23(25)26)12-17(14)22/h2,4,6-8,12H,3,5,9-11,13H2,1H3. The predicted octanol–water partition coefficient (Wildman–Crippen LogP) is 2.95. The number of nitrogens with zero attached hydrogens (tertiary/aromatic N) is 3. The minimum atomic E-state index is -0.424. The maximum atomic E-state index is 13.0. The van der Waals surface area contributed by atoms with Crippen LogP contribution >= 0.6 is 0 Å². The fraction of sp³-hybridized carbons (Fsp3) is 0.350. The van der Waals surface area contributed by atoms with E-state index in [0.717, 1.165) is 42.8 Å². The van der Waals surface area contributed by atoms with Gasteiger partial charge < -0.3 is 14.5 Å². The Kier molecular flexibility index (Phi) is 4.43. The smallest absolute Gasteiger partial charge is 0.271 e. The Labute approximate surface area is 157 Å². The zero-order valence-electron chi connectivity index (χ0n) is 15.2. The lowest BCUT2D eigenvalue weighted by Crippen LogP contribution is -2.42. The van der Waals surface area contributed by atoms with E-state index in [1.807, 2.05) is 12.1 Å². The van der Waals surface area contributed by atoms with Crippen molar-refractivity contribution in [3.8, 4) is 5.75 Å². The van der Waals surface area contributed by atoms with Crippen LogP contribution in [0.1, 0.15) is 17.5 Å². The average molecular weight is 367 g/mol. The molecule has 7 nitrogen and oxygen atoms in total. The summed E-state index contributed by atoms with van der Waals surface area (Å²) in [6.07, 6.45) is 2.67. The van der Waals surface area contributed by atoms with Crippen molar-refractivity contribution in [3.05, 3.63) is 57.6 Å². The number of hydrogen-bond acceptors (Lipinski definition) is 5. The molecule has 0 saturated heterocycles. The number of nitro groups is 1. The molecule has 0 unspecified atom stereocenters. The lowest BCUT2D eigenvalue weighted by atomic mass is 10.0. The first-order valence-corrected chi connectivity index (χ1v) is 9.07. The molecule has 0 aliphatic carbocycles. The van der Waals surface area contributed by atoms with Crippen LogP contribution in [0, 0.1) is 10.1 Å². The lowest BCUT2D eigenvalue weighted by molar-refractivity contribution is -0.384. The van der Waals surface area contributed by atoms with Gasteiger partial charge in [-0.15, -0.1) is 0 Å². The fourth-order valence-corrected chi connectivity index (χ4v) is 4.01. The van der Waals surface area contributed by atoms with Crippen molar-refractivity contribution in [2.45, 2.75) is 19.3 Å². The molecule has 0 spiro atoms. The number of aryl methyl sites for hydroxylation is 1. The molecule has 2 aliphatic heterocycles. The number of benzene rings is 2. The molecule has 2 aliphatic rings. The SMILES string of the molecule is COc1cccc2c1N(CC(=O)N1CCc3ccc([N+](=O)[O-])cc31)CCC2. The molecule has 4 rings (SSSR count). The average Bonchev–Trinajstić information content (AvgIpc) is 3.11. The number of amides is 1. The van der Waals surface area contributed by atoms with Crippen LogP contribution < -0.4 is 14.5 Å². The van der Waals surface area contributed by atoms with Crippen LogP contribution in [0.15, 0.2) is 36.4 Å². The summed E-state index contributed by atoms with van der Waals surface area (Å²) >= 11 is 0. The van der Waals surface area contributed by atoms with Crippen LogP contribution in [0.25, 0.3) is 0 Å². The second kappa shape index (κ2) is 6.90. The van der Waals surface area contributed by atoms with Crippen molar-refractivity contribution < 1.29 is 14.5 Å². The number of nitro benzene ring substituents is 1. The van der Waals surface area contributed by atoms with Crippen LogP contribution in [-0.4, -0.2) is 37.6 Å². The van der Waals surface area contributed by atoms with E-state index >= 15 is 0 Å². The summed E-state index contributed by atoms with van der Waals surface area (Å²) in [5.41, 5.74) is 3.82. The van der Waals surface area contributed by atoms with Gasteiger partial charge in [0.05, 0.1) is 30.0 Å². The monoisotopic (exact) mass is 367 g/mol. The third kappa shape index (κ3) is 3.09. The molecule has 1 amide bonds. The molecule has 2 aromatic rings. The van der Waals surface area contributed by atoms with E-state index in [1.165, 1.54) is 17.7 Å². The van der Waals surface area contributed by atoms with Crippen molar-refractivity contribution >= 4 is 23.0 Å². The Morgan fingerprint density at radius 1 is 1.19 bits per heavy atom. The van der Waals surface area contributed by atoms with Crippen molar-refractivity contribution in [2.24, 2.45) is 0 Å². The number of para-hydroxylation sites is 1. The van der Waals surface area contributed by atoms with Gasteiger partial charge in [-0.3, -0.25) is 14.9 Å². The van der Waals surface area contributed by atoms with Crippen molar-refractivity contribution in [2.75, 3.05) is 36.5 Å². The molecule has 2 aromatic carbocycles. The molecule has 2 heterocycles. The molecule has 0 radical (unpaired) electrons. The maximum Gasteiger partial charge on any atom is 0.271 e. The molecule has 0 saturated carbocycles. The summed E-state index contributed by atoms with van der Waals surface area (Å²) in [6.45, 7) is 1.58. The summed E-state index contributed by atoms with van der Waals surface area (Å²) in [5, 5.41) is 11.1. The van der Waals surface area contributed by atoms with E-state index in [9.17, 15) is 14.9 Å². The third-order valence-electron chi connectivity index (χ3n) is 5.30. The number of hydrogen-bond donors (Lipinski definition) is 0. The van der Waals surface area contributed by atoms with Crippen LogP contribution in [0.3, 0.4) is 0 Å². The normalized spacial score (nSPS) is 15.3. The topological polar surface area (TPSA) is 75.9 Å². The van der Waals surface area contributed by atoms with Crippen molar-refractivity contribution in [1.82, 2.24) is 0 Å². The van der Waals surface area contributed by atoms with E-state index < -0.39 is 4.92 Å². The van der Waals surface area contributed by atoms with Crippen LogP contribution in [-0.2, 0) is 17.6 Å². The third-order valence-corrected chi connectivity index (χ3v) is 5.30. The molecule has 0 fully saturated rings. The van der Waals surface area contributed by atoms with Crippen molar-refractivity contribution in [3.63, 3.8) is 0 Å². The Morgan fingerprint density at radius 3 is 2.81 bits per heavy atom. The number of carbonyl (C=O) groups is 1. The van der Waals surface area contributed by atoms with Gasteiger partial charge in [-0.1, -0.05) is 18.2 Å². The number of rotatable bonds is 4. The van der Waals surface area contributed by atoms with Crippen LogP contribution in [0.5, 0.6) is 5.75 Å². The van der Waals surface area contributed by atoms with Crippen LogP contribution in [0.4, 0.5) is 17.1 Å². The predicted molar refractivity (Wildman–Crippen MR) is 103 cm³/mol. The van der Waals surface area contributed by atoms with Gasteiger partial charge in [0.1, 0.15) is 5.75 Å². The van der Waals surface area contributed by atoms with Gasteiger partial charge in [0, 0.05) is 25.2 Å². The lowest BCUT2D eigenvalue weighted by Gasteiger charge is -2.33. The summed E-state index contributed by atoms with van der Waals surface area (Å²) in [4.78, 5) is 27.4. The van der Waals surface area contributed by atoms with E-state index in [4.69, 9.17) is 4.74 Å². The largest absolute Gasteiger partial charge is 0.495 e. The number of ether oxygens (including phenoxy) is 1. The number of methoxy groups -OCH3 is 1. The highest BCUT2D eigenvalue weighted by Gasteiger charge is 2.30. The van der Waals surface area contributed by atoms with Gasteiger partial charge in [0.15, 0.2) is 0 Å². The second-order valence-corrected chi connectivity index (χ2v) is 6.86. The zero-order valence-corrected chi connectivity index (χ0v) is 15.2. The van der Waals surface area contributed by atoms with Crippen molar-refractivity contribution in [1.29, 1.82) is 0 Å². The Bertz CT molecular complexity index is 898. The van der Waals surface area contributed by atoms with E-state index in [-0.39, 0.29) is 18.1 Å². The molecule has 0 N–H and O–H groups in total. The molecule has 0 bridgehead atoms. The highest BCUT2D eigenvalue weighted by Crippen LogP contribution is 2.37. The van der Waals surface area contributed by atoms with Gasteiger partial charge in [0.25, 0.3) is 5.69 Å². The Hall–Kier alpha value is -3.09. The van der Waals surface area contributed by atoms with E-state index in [0.29, 0.717) is 12.2 Å². The van der Waals surface area contributed by atoms with Crippen LogP contribution in [0.2, 0.25) is 0 Å². The Morgan fingerprint density at radius 2 is 2.04 bits per heavy atom. The minimum Gasteiger partial charge on any atom is -0.495 e. The highest BCUT2D eigenvalue weighted by atomic mass is 16.6. The van der Waals surface area contributed by atoms with Gasteiger partial charge in [-0.2, -0.15) is 0 Å². The number of non-ortho nitro benzene ring substituents is 1. The molecule has 27 heavy (non-hydrogen) atoms. The first-order valence-electron chi connectivity index (χ1n) is 9.07. The molecule has 7 heteroatoms. The summed E-state index contributed by atoms with van der Waals surface area (Å²) in [6, 6.07) is 10.7. The molecule has 140 valence electrons. The molecular formula is C20H21N3O4. The quantitative estimate of drug-likeness (QED) is 0.613. The van der Waals surface area contributed by atoms with Gasteiger partial charge in [-0.05, 0) is 36.5 Å². The first-order chi connectivity index (χ1) is 13.1. The maximum absolute atomic E-state index is 13.0. The summed E-state index contributed by atoms with van der Waals surface area (Å²) in [7, 11) is 1.64. The Balaban J connectivity index is 1.59. The molecule has 0 aromatic heterocycles. The van der Waals surface area contributed by atoms with Gasteiger partial charge in [0.2, 0.25) is 5.91 Å². The van der Waals surface area contributed by atoms with Gasteiger partial charge >= 0.3 is 0 Å². The summed E-state index contributed by atoms with van der Waals surface area (Å²) < 4.78 is 5.51. The number of anilines is 2. The van der Waals surface area contributed by atoms with E-state index in [2.05, 4.69) is 11.0 Å². The van der Waals surface area contributed by atoms with E-state index in [1.54, 1.807) is 18.1 Å². The minimum absolute atomic E-state index is 0.0124. The van der Waals surface area contributed by atoms with Gasteiger partial charge in [-0.25, -0.2) is 0 Å². The first kappa shape index (κ1) is 17.3.